The molecule has 2 N–H and O–H groups in total. The van der Waals surface area contributed by atoms with Crippen molar-refractivity contribution in [1.82, 2.24) is 25.6 Å². The van der Waals surface area contributed by atoms with Gasteiger partial charge in [0.05, 0.1) is 5.39 Å². The van der Waals surface area contributed by atoms with Crippen molar-refractivity contribution in [3.63, 3.8) is 0 Å². The number of carbonyl (C=O) groups excluding carboxylic acids is 2. The highest BCUT2D eigenvalue weighted by Crippen LogP contribution is 2.16. The average Bonchev–Trinajstić information content (AvgIpc) is 3.32. The van der Waals surface area contributed by atoms with Gasteiger partial charge in [0.15, 0.2) is 5.69 Å². The number of amides is 2. The van der Waals surface area contributed by atoms with Gasteiger partial charge in [0.2, 0.25) is 0 Å². The van der Waals surface area contributed by atoms with Gasteiger partial charge < -0.3 is 4.74 Å². The summed E-state index contributed by atoms with van der Waals surface area (Å²) in [7, 11) is 0. The molecule has 0 aliphatic heterocycles. The molecule has 2 aromatic heterocycles. The van der Waals surface area contributed by atoms with Crippen LogP contribution in [0.4, 0.5) is 0 Å². The molecule has 10 heteroatoms. The van der Waals surface area contributed by atoms with Gasteiger partial charge in [0, 0.05) is 17.3 Å². The van der Waals surface area contributed by atoms with Gasteiger partial charge in [-0.1, -0.05) is 35.9 Å². The zero-order valence-electron chi connectivity index (χ0n) is 18.0. The molecule has 0 aliphatic rings. The average molecular weight is 464 g/mol. The number of rotatable bonds is 6. The fraction of sp³-hybridized carbons (Fsp3) is 0.174. The Morgan fingerprint density at radius 2 is 1.73 bits per heavy atom. The van der Waals surface area contributed by atoms with E-state index in [1.807, 2.05) is 31.2 Å². The van der Waals surface area contributed by atoms with E-state index in [-0.39, 0.29) is 23.6 Å². The lowest BCUT2D eigenvalue weighted by Gasteiger charge is -2.10. The fourth-order valence-electron chi connectivity index (χ4n) is 3.11. The van der Waals surface area contributed by atoms with Crippen LogP contribution in [0.2, 0.25) is 0 Å². The van der Waals surface area contributed by atoms with E-state index in [9.17, 15) is 14.4 Å². The number of benzene rings is 2. The summed E-state index contributed by atoms with van der Waals surface area (Å²) in [5.41, 5.74) is 5.74. The minimum Gasteiger partial charge on any atom is -0.486 e. The van der Waals surface area contributed by atoms with Crippen molar-refractivity contribution in [3.8, 4) is 5.75 Å². The molecular weight excluding hydrogens is 442 g/mol. The Bertz CT molecular complexity index is 1380. The molecule has 0 atom stereocenters. The van der Waals surface area contributed by atoms with E-state index < -0.39 is 11.8 Å². The lowest BCUT2D eigenvalue weighted by Crippen LogP contribution is -2.43. The molecule has 2 amide bonds. The number of nitrogens with zero attached hydrogens (tertiary/aromatic N) is 3. The smallest absolute Gasteiger partial charge is 0.290 e. The molecule has 4 rings (SSSR count). The first-order chi connectivity index (χ1) is 16.0. The van der Waals surface area contributed by atoms with E-state index >= 15 is 0 Å². The standard InChI is InChI=1S/C23H21N5O4S/c1-3-28-23(31)17-7-5-4-6-16(17)20(27-28)22(30)26-25-21(29)18-13-33-19(24-18)12-32-15-10-8-14(2)9-11-15/h4-11,13H,3,12H2,1-2H3,(H,25,29)(H,26,30). The number of aromatic nitrogens is 3. The minimum atomic E-state index is -0.639. The van der Waals surface area contributed by atoms with E-state index in [4.69, 9.17) is 4.74 Å². The van der Waals surface area contributed by atoms with E-state index in [0.29, 0.717) is 28.1 Å². The van der Waals surface area contributed by atoms with Crippen LogP contribution in [0, 0.1) is 6.92 Å². The summed E-state index contributed by atoms with van der Waals surface area (Å²) in [4.78, 5) is 41.8. The molecule has 0 bridgehead atoms. The molecule has 0 fully saturated rings. The number of carbonyl (C=O) groups is 2. The molecule has 0 unspecified atom stereocenters. The van der Waals surface area contributed by atoms with Crippen molar-refractivity contribution in [2.75, 3.05) is 0 Å². The summed E-state index contributed by atoms with van der Waals surface area (Å²) in [6.45, 7) is 4.28. The second-order valence-electron chi connectivity index (χ2n) is 7.15. The van der Waals surface area contributed by atoms with Gasteiger partial charge in [-0.3, -0.25) is 25.2 Å². The Morgan fingerprint density at radius 1 is 1.03 bits per heavy atom. The molecule has 168 valence electrons. The second kappa shape index (κ2) is 9.61. The van der Waals surface area contributed by atoms with E-state index in [0.717, 1.165) is 5.56 Å². The molecule has 0 saturated heterocycles. The van der Waals surface area contributed by atoms with Gasteiger partial charge in [0.25, 0.3) is 17.4 Å². The third kappa shape index (κ3) is 4.90. The van der Waals surface area contributed by atoms with Crippen LogP contribution in [-0.2, 0) is 13.2 Å². The Hall–Kier alpha value is -4.05. The number of hydrogen-bond donors (Lipinski definition) is 2. The Morgan fingerprint density at radius 3 is 2.45 bits per heavy atom. The topological polar surface area (TPSA) is 115 Å². The van der Waals surface area contributed by atoms with E-state index in [1.54, 1.807) is 36.6 Å². The van der Waals surface area contributed by atoms with Crippen LogP contribution >= 0.6 is 11.3 Å². The highest BCUT2D eigenvalue weighted by Gasteiger charge is 2.18. The third-order valence-electron chi connectivity index (χ3n) is 4.84. The number of hydrogen-bond acceptors (Lipinski definition) is 7. The predicted molar refractivity (Wildman–Crippen MR) is 124 cm³/mol. The summed E-state index contributed by atoms with van der Waals surface area (Å²) < 4.78 is 6.89. The van der Waals surface area contributed by atoms with Gasteiger partial charge in [0.1, 0.15) is 23.1 Å². The van der Waals surface area contributed by atoms with E-state index in [1.165, 1.54) is 16.0 Å². The second-order valence-corrected chi connectivity index (χ2v) is 8.09. The van der Waals surface area contributed by atoms with Gasteiger partial charge in [-0.25, -0.2) is 9.67 Å². The quantitative estimate of drug-likeness (QED) is 0.425. The lowest BCUT2D eigenvalue weighted by molar-refractivity contribution is 0.0841. The molecule has 9 nitrogen and oxygen atoms in total. The van der Waals surface area contributed by atoms with Crippen LogP contribution in [0.1, 0.15) is 38.5 Å². The van der Waals surface area contributed by atoms with Crippen LogP contribution in [-0.4, -0.2) is 26.6 Å². The van der Waals surface area contributed by atoms with Crippen molar-refractivity contribution in [3.05, 3.63) is 86.2 Å². The molecule has 0 radical (unpaired) electrons. The number of aryl methyl sites for hydroxylation is 2. The summed E-state index contributed by atoms with van der Waals surface area (Å²) >= 11 is 1.28. The molecule has 0 spiro atoms. The zero-order chi connectivity index (χ0) is 23.4. The van der Waals surface area contributed by atoms with Gasteiger partial charge in [-0.2, -0.15) is 5.10 Å². The van der Waals surface area contributed by atoms with Crippen molar-refractivity contribution in [1.29, 1.82) is 0 Å². The number of hydrazine groups is 1. The highest BCUT2D eigenvalue weighted by molar-refractivity contribution is 7.09. The highest BCUT2D eigenvalue weighted by atomic mass is 32.1. The van der Waals surface area contributed by atoms with Crippen LogP contribution in [0.5, 0.6) is 5.75 Å². The number of ether oxygens (including phenoxy) is 1. The van der Waals surface area contributed by atoms with E-state index in [2.05, 4.69) is 20.9 Å². The zero-order valence-corrected chi connectivity index (χ0v) is 18.8. The first-order valence-electron chi connectivity index (χ1n) is 10.2. The van der Waals surface area contributed by atoms with Crippen LogP contribution in [0.25, 0.3) is 10.8 Å². The monoisotopic (exact) mass is 463 g/mol. The van der Waals surface area contributed by atoms with Crippen molar-refractivity contribution < 1.29 is 14.3 Å². The molecule has 2 aromatic carbocycles. The summed E-state index contributed by atoms with van der Waals surface area (Å²) in [6.07, 6.45) is 0. The molecular formula is C23H21N5O4S. The maximum absolute atomic E-state index is 12.7. The normalized spacial score (nSPS) is 10.7. The summed E-state index contributed by atoms with van der Waals surface area (Å²) in [5.74, 6) is -0.503. The largest absolute Gasteiger partial charge is 0.486 e. The maximum atomic E-state index is 12.7. The van der Waals surface area contributed by atoms with Crippen molar-refractivity contribution in [2.24, 2.45) is 0 Å². The fourth-order valence-corrected chi connectivity index (χ4v) is 3.80. The molecule has 4 aromatic rings. The summed E-state index contributed by atoms with van der Waals surface area (Å²) in [5, 5.41) is 7.13. The SMILES string of the molecule is CCn1nc(C(=O)NNC(=O)c2csc(COc3ccc(C)cc3)n2)c2ccccc2c1=O. The Balaban J connectivity index is 1.41. The Labute approximate surface area is 193 Å². The maximum Gasteiger partial charge on any atom is 0.290 e. The van der Waals surface area contributed by atoms with Crippen molar-refractivity contribution in [2.45, 2.75) is 27.0 Å². The number of thiazole rings is 1. The first-order valence-corrected chi connectivity index (χ1v) is 11.1. The third-order valence-corrected chi connectivity index (χ3v) is 5.66. The molecule has 0 saturated carbocycles. The summed E-state index contributed by atoms with van der Waals surface area (Å²) in [6, 6.07) is 14.3. The predicted octanol–water partition coefficient (Wildman–Crippen LogP) is 2.84. The molecule has 33 heavy (non-hydrogen) atoms. The van der Waals surface area contributed by atoms with Crippen molar-refractivity contribution >= 4 is 33.9 Å². The molecule has 0 aliphatic carbocycles. The molecule has 2 heterocycles. The lowest BCUT2D eigenvalue weighted by atomic mass is 10.1. The van der Waals surface area contributed by atoms with Crippen LogP contribution in [0.3, 0.4) is 0 Å². The van der Waals surface area contributed by atoms with Gasteiger partial charge in [-0.15, -0.1) is 11.3 Å². The Kier molecular flexibility index (Phi) is 6.45. The first kappa shape index (κ1) is 22.2. The van der Waals surface area contributed by atoms with Crippen LogP contribution in [0.15, 0.2) is 58.7 Å². The number of fused-ring (bicyclic) bond motifs is 1. The van der Waals surface area contributed by atoms with Crippen LogP contribution < -0.4 is 21.1 Å². The van der Waals surface area contributed by atoms with Gasteiger partial charge >= 0.3 is 0 Å². The van der Waals surface area contributed by atoms with Gasteiger partial charge in [-0.05, 0) is 32.0 Å². The number of nitrogens with one attached hydrogen (secondary N) is 2. The minimum absolute atomic E-state index is 0.0396.